The number of aliphatic imine (C=N–C) groups is 1. The van der Waals surface area contributed by atoms with Crippen LogP contribution in [0.5, 0.6) is 0 Å². The lowest BCUT2D eigenvalue weighted by atomic mass is 10.0. The second-order valence-electron chi connectivity index (χ2n) is 14.6. The lowest BCUT2D eigenvalue weighted by Gasteiger charge is -2.41. The van der Waals surface area contributed by atoms with Crippen molar-refractivity contribution in [2.45, 2.75) is 95.2 Å². The molecule has 0 aromatic carbocycles. The molecule has 4 aliphatic heterocycles. The number of hydrogen-bond acceptors (Lipinski definition) is 17. The summed E-state index contributed by atoms with van der Waals surface area (Å²) in [6, 6.07) is 0. The molecule has 3 saturated heterocycles. The van der Waals surface area contributed by atoms with E-state index in [-0.39, 0.29) is 53.6 Å². The highest BCUT2D eigenvalue weighted by molar-refractivity contribution is 8.07. The van der Waals surface area contributed by atoms with Gasteiger partial charge in [-0.25, -0.2) is 24.9 Å². The zero-order valence-electron chi connectivity index (χ0n) is 29.1. The summed E-state index contributed by atoms with van der Waals surface area (Å²) >= 11 is 11.1. The Bertz CT molecular complexity index is 2030. The number of ketones is 1. The Balaban J connectivity index is 1.25. The van der Waals surface area contributed by atoms with Crippen molar-refractivity contribution in [1.29, 1.82) is 0 Å². The number of nitrogens with two attached hydrogens (primary N) is 2. The number of fused-ring (bicyclic) bond motifs is 5. The third kappa shape index (κ3) is 7.08. The van der Waals surface area contributed by atoms with Gasteiger partial charge in [-0.2, -0.15) is 0 Å². The molecule has 3 aromatic rings. The van der Waals surface area contributed by atoms with Gasteiger partial charge in [-0.3, -0.25) is 18.5 Å². The molecular formula is C28H41N9O10P2S2Si. The highest BCUT2D eigenvalue weighted by atomic mass is 32.5. The number of carbonyl (C=O) groups excluding carboxylic acids is 1. The van der Waals surface area contributed by atoms with E-state index in [0.29, 0.717) is 11.2 Å². The van der Waals surface area contributed by atoms with E-state index in [4.69, 9.17) is 67.1 Å². The molecule has 52 heavy (non-hydrogen) atoms. The first-order chi connectivity index (χ1) is 24.3. The van der Waals surface area contributed by atoms with E-state index in [1.165, 1.54) is 23.5 Å². The average molecular weight is 818 g/mol. The van der Waals surface area contributed by atoms with Gasteiger partial charge in [0.05, 0.1) is 38.4 Å². The van der Waals surface area contributed by atoms with Gasteiger partial charge in [-0.05, 0) is 41.7 Å². The van der Waals surface area contributed by atoms with E-state index in [1.807, 2.05) is 20.0 Å². The Morgan fingerprint density at radius 1 is 0.942 bits per heavy atom. The number of aromatic nitrogens is 6. The molecule has 3 aromatic heterocycles. The van der Waals surface area contributed by atoms with E-state index in [1.54, 1.807) is 4.57 Å². The molecule has 0 saturated carbocycles. The van der Waals surface area contributed by atoms with Gasteiger partial charge in [-0.15, -0.1) is 0 Å². The van der Waals surface area contributed by atoms with Crippen LogP contribution in [0.15, 0.2) is 24.0 Å². The van der Waals surface area contributed by atoms with Crippen LogP contribution in [0.1, 0.15) is 57.1 Å². The fourth-order valence-electron chi connectivity index (χ4n) is 6.28. The number of Topliss-reactive ketones (excluding diaryl/α,β-unsaturated/α-hetero) is 1. The average Bonchev–Trinajstić information content (AvgIpc) is 3.80. The van der Waals surface area contributed by atoms with Crippen LogP contribution in [-0.4, -0.2) is 103 Å². The molecule has 0 aliphatic carbocycles. The van der Waals surface area contributed by atoms with Crippen LogP contribution in [0.25, 0.3) is 11.2 Å². The van der Waals surface area contributed by atoms with E-state index < -0.39 is 70.6 Å². The molecule has 6 N–H and O–H groups in total. The molecule has 284 valence electrons. The number of anilines is 1. The Morgan fingerprint density at radius 2 is 1.58 bits per heavy atom. The maximum atomic E-state index is 12.8. The summed E-state index contributed by atoms with van der Waals surface area (Å²) in [5.74, 6) is -0.317. The van der Waals surface area contributed by atoms with E-state index in [0.717, 1.165) is 0 Å². The standard InChI is InChI=1S/C28H41N9O10P2S2Si/c1-13-15-8-41-49(40,51)46-21-16(9-42-48(39,50)45-20(13)26(43-15)36-12-34-19-23(30)31-10-32-24(19)36)44-27(22(21)47-52(5,6)28(2,3)4)37-11-33-18-14(38)7-17(29)35-25(18)37/h10-13,15-16,20-22,26-27H,7-9H2,1-6H3,(H2,29,35)(H,39,50)(H,40,51)(H2,30,31,32)/t13-,15-,16-,20-,21-,22-,26-,27-,48?,49?/m1/s1. The van der Waals surface area contributed by atoms with Crippen molar-refractivity contribution in [1.82, 2.24) is 29.1 Å². The molecule has 0 amide bonds. The maximum absolute atomic E-state index is 12.8. The van der Waals surface area contributed by atoms with Crippen LogP contribution in [-0.2, 0) is 55.6 Å². The van der Waals surface area contributed by atoms with Crippen LogP contribution >= 0.6 is 13.4 Å². The number of nitrogen functional groups attached to an aromatic ring is 1. The molecule has 19 nitrogen and oxygen atoms in total. The Labute approximate surface area is 310 Å². The van der Waals surface area contributed by atoms with Crippen LogP contribution in [0.4, 0.5) is 11.6 Å². The van der Waals surface area contributed by atoms with Crippen molar-refractivity contribution in [3.05, 3.63) is 24.7 Å². The number of nitrogens with zero attached hydrogens (tertiary/aromatic N) is 7. The summed E-state index contributed by atoms with van der Waals surface area (Å²) in [4.78, 5) is 57.3. The van der Waals surface area contributed by atoms with Gasteiger partial charge in [0.1, 0.15) is 42.1 Å². The van der Waals surface area contributed by atoms with Crippen molar-refractivity contribution in [3.63, 3.8) is 0 Å². The van der Waals surface area contributed by atoms with Gasteiger partial charge < -0.3 is 48.7 Å². The summed E-state index contributed by atoms with van der Waals surface area (Å²) in [6.07, 6.45) is -2.65. The minimum atomic E-state index is -4.08. The van der Waals surface area contributed by atoms with Gasteiger partial charge in [0.15, 0.2) is 49.5 Å². The number of ether oxygens (including phenoxy) is 2. The number of carbonyl (C=O) groups is 1. The Morgan fingerprint density at radius 3 is 2.27 bits per heavy atom. The molecule has 3 fully saturated rings. The first kappa shape index (κ1) is 38.1. The molecule has 2 bridgehead atoms. The summed E-state index contributed by atoms with van der Waals surface area (Å²) in [5.41, 5.74) is 12.9. The zero-order valence-corrected chi connectivity index (χ0v) is 33.6. The predicted octanol–water partition coefficient (Wildman–Crippen LogP) is 2.95. The van der Waals surface area contributed by atoms with Gasteiger partial charge >= 0.3 is 13.4 Å². The lowest BCUT2D eigenvalue weighted by molar-refractivity contribution is -0.0605. The van der Waals surface area contributed by atoms with Gasteiger partial charge in [0.25, 0.3) is 0 Å². The SMILES string of the molecule is C[C@H]1[C@H]2OP(O)(=S)OC[C@H]3O[C@@H](n4cnc5c4N=C(N)CC5=O)[C@H](O[Si](C)(C)C(C)(C)C)[C@@H]3OP(O)(=S)OC[C@H]1O[C@H]2n1cnc2c(N)ncnc21. The van der Waals surface area contributed by atoms with E-state index >= 15 is 0 Å². The second kappa shape index (κ2) is 13.6. The number of amidine groups is 1. The third-order valence-corrected chi connectivity index (χ3v) is 17.7. The molecule has 24 heteroatoms. The molecule has 0 spiro atoms. The normalized spacial score (nSPS) is 36.1. The highest BCUT2D eigenvalue weighted by Crippen LogP contribution is 2.56. The first-order valence-electron chi connectivity index (χ1n) is 16.4. The van der Waals surface area contributed by atoms with Crippen molar-refractivity contribution in [3.8, 4) is 0 Å². The first-order valence-corrected chi connectivity index (χ1v) is 24.5. The summed E-state index contributed by atoms with van der Waals surface area (Å²) in [5, 5.41) is -0.278. The van der Waals surface area contributed by atoms with Crippen LogP contribution in [0.2, 0.25) is 18.1 Å². The molecule has 7 rings (SSSR count). The molecule has 10 atom stereocenters. The largest absolute Gasteiger partial charge is 0.407 e. The van der Waals surface area contributed by atoms with Gasteiger partial charge in [-0.1, -0.05) is 27.7 Å². The van der Waals surface area contributed by atoms with E-state index in [9.17, 15) is 14.6 Å². The number of imidazole rings is 2. The van der Waals surface area contributed by atoms with Crippen molar-refractivity contribution >= 4 is 79.8 Å². The van der Waals surface area contributed by atoms with Gasteiger partial charge in [0.2, 0.25) is 0 Å². The van der Waals surface area contributed by atoms with E-state index in [2.05, 4.69) is 45.7 Å². The third-order valence-electron chi connectivity index (χ3n) is 10.1. The quantitative estimate of drug-likeness (QED) is 0.218. The molecule has 2 unspecified atom stereocenters. The molecule has 7 heterocycles. The molecule has 0 radical (unpaired) electrons. The second-order valence-corrected chi connectivity index (χ2v) is 24.9. The van der Waals surface area contributed by atoms with Crippen LogP contribution in [0.3, 0.4) is 0 Å². The molecular weight excluding hydrogens is 777 g/mol. The minimum Gasteiger partial charge on any atom is -0.407 e. The maximum Gasteiger partial charge on any atom is 0.325 e. The molecule has 4 aliphatic rings. The van der Waals surface area contributed by atoms with Crippen LogP contribution in [0, 0.1) is 5.92 Å². The fraction of sp³-hybridized carbons (Fsp3) is 0.643. The monoisotopic (exact) mass is 817 g/mol. The van der Waals surface area contributed by atoms with Gasteiger partial charge in [0, 0.05) is 5.92 Å². The number of rotatable bonds is 4. The van der Waals surface area contributed by atoms with Crippen molar-refractivity contribution < 1.29 is 46.6 Å². The lowest BCUT2D eigenvalue weighted by Crippen LogP contribution is -2.49. The predicted molar refractivity (Wildman–Crippen MR) is 196 cm³/mol. The zero-order chi connectivity index (χ0) is 37.5. The topological polar surface area (TPSA) is 248 Å². The Kier molecular flexibility index (Phi) is 9.94. The summed E-state index contributed by atoms with van der Waals surface area (Å²) in [7, 11) is -2.63. The smallest absolute Gasteiger partial charge is 0.325 e. The summed E-state index contributed by atoms with van der Waals surface area (Å²) in [6.45, 7) is 3.36. The summed E-state index contributed by atoms with van der Waals surface area (Å²) < 4.78 is 47.4. The highest BCUT2D eigenvalue weighted by Gasteiger charge is 2.55. The fourth-order valence-corrected chi connectivity index (χ4v) is 10.5. The van der Waals surface area contributed by atoms with Crippen molar-refractivity contribution in [2.24, 2.45) is 16.6 Å². The Hall–Kier alpha value is -2.14. The number of hydrogen-bond donors (Lipinski definition) is 4. The minimum absolute atomic E-state index is 0.0718. The van der Waals surface area contributed by atoms with Crippen molar-refractivity contribution in [2.75, 3.05) is 18.9 Å². The van der Waals surface area contributed by atoms with Crippen LogP contribution < -0.4 is 11.5 Å².